The van der Waals surface area contributed by atoms with E-state index in [1.807, 2.05) is 0 Å². The summed E-state index contributed by atoms with van der Waals surface area (Å²) in [6, 6.07) is -9.41. The van der Waals surface area contributed by atoms with Crippen molar-refractivity contribution in [3.05, 3.63) is 0 Å². The van der Waals surface area contributed by atoms with Crippen LogP contribution in [0.1, 0.15) is 48.5 Å². The summed E-state index contributed by atoms with van der Waals surface area (Å²) in [5, 5.41) is 294. The van der Waals surface area contributed by atoms with Crippen LogP contribution in [-0.4, -0.2) is 517 Å². The largest absolute Gasteiger partial charge is 0.394 e. The van der Waals surface area contributed by atoms with Crippen LogP contribution < -0.4 is 26.6 Å². The second-order valence-electron chi connectivity index (χ2n) is 31.7. The Morgan fingerprint density at radius 3 is 0.992 bits per heavy atom. The Kier molecular flexibility index (Phi) is 36.3. The summed E-state index contributed by atoms with van der Waals surface area (Å²) in [5.74, 6) is -4.60. The first-order valence-electron chi connectivity index (χ1n) is 39.8. The van der Waals surface area contributed by atoms with E-state index in [9.17, 15) is 152 Å². The predicted molar refractivity (Wildman–Crippen MR) is 385 cm³/mol. The molecule has 0 aliphatic carbocycles. The highest BCUT2D eigenvalue weighted by molar-refractivity contribution is 5.75. The zero-order valence-electron chi connectivity index (χ0n) is 67.5. The van der Waals surface area contributed by atoms with E-state index in [2.05, 4.69) is 26.6 Å². The highest BCUT2D eigenvalue weighted by Gasteiger charge is 2.62. The van der Waals surface area contributed by atoms with Gasteiger partial charge in [0.15, 0.2) is 62.9 Å². The molecule has 10 aliphatic rings. The maximum Gasteiger partial charge on any atom is 0.217 e. The van der Waals surface area contributed by atoms with Crippen molar-refractivity contribution in [2.75, 3.05) is 52.9 Å². The number of aliphatic hydroxyl groups is 25. The van der Waals surface area contributed by atoms with E-state index in [-0.39, 0.29) is 0 Å². The number of nitrogens with one attached hydrogen (secondary N) is 5. The van der Waals surface area contributed by atoms with Crippen molar-refractivity contribution >= 4 is 29.5 Å². The standard InChI is InChI=1S/C70H117N5O49/c1-16-36(87)47(98)51(102)66(108-16)106-15-30-55(45(96)31(61(105)110-30)71-18(3)82)118-64-34(74-21(6)85)46(97)54(27(12-80)115-64)119-68-53(104)58(42(93)29(117-68)14-107-69-59(49(100)40(91)25(10-78)113-69)123-63-33(73-20(5)84)44(95)39(90)24(9-77)112-63)122-70-60(50(101)41(92)26(11-79)114-70)124-65-35(75-22(7)86)57(121-67-52(103)48(99)37(88)17(2)109-67)56(28(13-81)116-65)120-62-32(72-19(4)83)43(94)38(89)23(8-76)111-62/h16-17,23-70,76-81,87-105H,8-15H2,1-7H3,(H,71,82)(H,72,83)(H,73,84)(H,74,85)(H,75,86)/t16-,17-,23+,24+,25+,26+,27+,28+,29+,30+,31+,32+,33+,34+,35+,36+,37+,38-,39+,40+,41+,42+,43+,44+,45+,46+,47+,48+,49-,50-,51-,52-,53-,54+,55+,56+,57+,58-,59-,60-,61-,62-,63-,64-,65-,66+,67-,68-,69-,70+/m0/s1. The lowest BCUT2D eigenvalue weighted by Gasteiger charge is -2.52. The average Bonchev–Trinajstić information content (AvgIpc) is 0.757. The Bertz CT molecular complexity index is 3400. The first-order chi connectivity index (χ1) is 58.5. The van der Waals surface area contributed by atoms with Crippen LogP contribution in [0.3, 0.4) is 0 Å². The van der Waals surface area contributed by atoms with Crippen LogP contribution in [0.15, 0.2) is 0 Å². The molecule has 5 amide bonds. The molecule has 54 nitrogen and oxygen atoms in total. The molecule has 0 radical (unpaired) electrons. The number of amides is 5. The third-order valence-corrected chi connectivity index (χ3v) is 22.8. The van der Waals surface area contributed by atoms with Gasteiger partial charge in [0, 0.05) is 34.6 Å². The minimum Gasteiger partial charge on any atom is -0.394 e. The van der Waals surface area contributed by atoms with Gasteiger partial charge in [-0.1, -0.05) is 0 Å². The van der Waals surface area contributed by atoms with Crippen molar-refractivity contribution in [1.82, 2.24) is 26.6 Å². The van der Waals surface area contributed by atoms with E-state index in [0.717, 1.165) is 34.6 Å². The summed E-state index contributed by atoms with van der Waals surface area (Å²) in [6.45, 7) is -1.61. The number of rotatable bonds is 31. The molecule has 54 heteroatoms. The molecule has 0 spiro atoms. The first kappa shape index (κ1) is 102. The predicted octanol–water partition coefficient (Wildman–Crippen LogP) is -20.0. The van der Waals surface area contributed by atoms with Crippen LogP contribution in [0.5, 0.6) is 0 Å². The molecule has 716 valence electrons. The van der Waals surface area contributed by atoms with E-state index in [4.69, 9.17) is 90.0 Å². The molecule has 0 unspecified atom stereocenters. The third kappa shape index (κ3) is 22.7. The lowest BCUT2D eigenvalue weighted by Crippen LogP contribution is -2.72. The van der Waals surface area contributed by atoms with Gasteiger partial charge in [0.05, 0.1) is 65.1 Å². The van der Waals surface area contributed by atoms with Gasteiger partial charge in [0.2, 0.25) is 29.5 Å². The minimum absolute atomic E-state index is 0.845. The summed E-state index contributed by atoms with van der Waals surface area (Å²) in [4.78, 5) is 64.6. The number of hydrogen-bond donors (Lipinski definition) is 30. The van der Waals surface area contributed by atoms with Crippen LogP contribution in [0.2, 0.25) is 0 Å². The average molecular weight is 1810 g/mol. The normalized spacial score (nSPS) is 49.0. The van der Waals surface area contributed by atoms with Gasteiger partial charge < -0.3 is 244 Å². The summed E-state index contributed by atoms with van der Waals surface area (Å²) < 4.78 is 115. The molecule has 0 aromatic heterocycles. The van der Waals surface area contributed by atoms with Gasteiger partial charge in [-0.25, -0.2) is 0 Å². The van der Waals surface area contributed by atoms with Crippen LogP contribution in [0.25, 0.3) is 0 Å². The van der Waals surface area contributed by atoms with E-state index >= 15 is 0 Å². The van der Waals surface area contributed by atoms with Crippen molar-refractivity contribution in [3.8, 4) is 0 Å². The van der Waals surface area contributed by atoms with Gasteiger partial charge >= 0.3 is 0 Å². The number of carbonyl (C=O) groups excluding carboxylic acids is 5. The first-order valence-corrected chi connectivity index (χ1v) is 39.8. The topological polar surface area (TPSA) is 827 Å². The maximum absolute atomic E-state index is 13.6. The van der Waals surface area contributed by atoms with Gasteiger partial charge in [-0.2, -0.15) is 0 Å². The lowest BCUT2D eigenvalue weighted by molar-refractivity contribution is -0.402. The van der Waals surface area contributed by atoms with E-state index in [1.165, 1.54) is 13.8 Å². The lowest BCUT2D eigenvalue weighted by atomic mass is 9.93. The summed E-state index contributed by atoms with van der Waals surface area (Å²) in [6.07, 6.45) is -93.0. The van der Waals surface area contributed by atoms with Gasteiger partial charge in [0.25, 0.3) is 0 Å². The molecule has 10 heterocycles. The Balaban J connectivity index is 1.02. The van der Waals surface area contributed by atoms with Crippen molar-refractivity contribution < 1.29 is 242 Å². The second-order valence-corrected chi connectivity index (χ2v) is 31.7. The molecule has 10 aliphatic heterocycles. The monoisotopic (exact) mass is 1810 g/mol. The highest BCUT2D eigenvalue weighted by atomic mass is 16.8. The Labute approximate surface area is 703 Å². The summed E-state index contributed by atoms with van der Waals surface area (Å²) in [7, 11) is 0. The van der Waals surface area contributed by atoms with Crippen molar-refractivity contribution in [1.29, 1.82) is 0 Å². The smallest absolute Gasteiger partial charge is 0.217 e. The SMILES string of the molecule is CC(=O)N[C@@H]1[C@@H](O)[C@H](O[C@@H]2O[C@H](CO)[C@@H](O[C@@H]3O[C@H](CO[C@H]4O[C@H](CO)[C@@H](O)[C@H](O)[C@@H]4O[C@@H]4O[C@H](CO)[C@@H](O)[C@H](O)[C@H]4NC(C)=O)[C@@H](O)[C@H](O[C@H]4O[C@H](CO)[C@@H](O)[C@H](O)[C@@H]4O[C@@H]4O[C@H](CO)[C@@H](O[C@@H]5O[C@H](CO)[C@H](O)[C@H](O)[C@H]5NC(C)=O)[C@H](O[C@@H]5O[C@@H](C)[C@@H](O)[C@@H](O)[C@@H]5O)[C@H]4NC(C)=O)[C@@H]3O)[C@H](O)[C@H]2NC(C)=O)[C@@H](CO[C@@H]2O[C@@H](C)[C@@H](O)[C@@H](O)[C@@H]2O)O[C@@H]1O. The van der Waals surface area contributed by atoms with E-state index < -0.39 is 389 Å². The maximum atomic E-state index is 13.6. The second kappa shape index (κ2) is 44.2. The molecule has 0 bridgehead atoms. The summed E-state index contributed by atoms with van der Waals surface area (Å²) >= 11 is 0. The van der Waals surface area contributed by atoms with Crippen molar-refractivity contribution in [3.63, 3.8) is 0 Å². The van der Waals surface area contributed by atoms with Crippen molar-refractivity contribution in [2.45, 2.75) is 355 Å². The van der Waals surface area contributed by atoms with E-state index in [0.29, 0.717) is 0 Å². The van der Waals surface area contributed by atoms with Crippen LogP contribution in [0.4, 0.5) is 0 Å². The fraction of sp³-hybridized carbons (Fsp3) is 0.929. The highest BCUT2D eigenvalue weighted by Crippen LogP contribution is 2.41. The molecule has 10 fully saturated rings. The quantitative estimate of drug-likeness (QED) is 0.0306. The van der Waals surface area contributed by atoms with Crippen LogP contribution in [-0.2, 0) is 114 Å². The number of carbonyl (C=O) groups is 5. The van der Waals surface area contributed by atoms with Gasteiger partial charge in [0.1, 0.15) is 232 Å². The van der Waals surface area contributed by atoms with Gasteiger partial charge in [-0.3, -0.25) is 24.0 Å². The Morgan fingerprint density at radius 1 is 0.226 bits per heavy atom. The fourth-order valence-corrected chi connectivity index (χ4v) is 16.1. The fourth-order valence-electron chi connectivity index (χ4n) is 16.1. The molecular weight excluding hydrogens is 1690 g/mol. The molecular formula is C70H117N5O49. The van der Waals surface area contributed by atoms with Gasteiger partial charge in [-0.15, -0.1) is 0 Å². The molecule has 30 N–H and O–H groups in total. The van der Waals surface area contributed by atoms with Crippen LogP contribution >= 0.6 is 0 Å². The van der Waals surface area contributed by atoms with Crippen LogP contribution in [0, 0.1) is 0 Å². The molecule has 0 aromatic carbocycles. The molecule has 124 heavy (non-hydrogen) atoms. The van der Waals surface area contributed by atoms with Crippen molar-refractivity contribution in [2.24, 2.45) is 0 Å². The number of aliphatic hydroxyl groups excluding tert-OH is 25. The Morgan fingerprint density at radius 2 is 0.524 bits per heavy atom. The third-order valence-electron chi connectivity index (χ3n) is 22.8. The molecule has 0 aromatic rings. The molecule has 10 saturated heterocycles. The zero-order chi connectivity index (χ0) is 91.4. The molecule has 50 atom stereocenters. The molecule has 0 saturated carbocycles. The van der Waals surface area contributed by atoms with Gasteiger partial charge in [-0.05, 0) is 13.8 Å². The molecule has 10 rings (SSSR count). The van der Waals surface area contributed by atoms with E-state index in [1.54, 1.807) is 0 Å². The summed E-state index contributed by atoms with van der Waals surface area (Å²) in [5.41, 5.74) is 0. The number of ether oxygens (including phenoxy) is 19. The Hall–Kier alpha value is -4.41. The zero-order valence-corrected chi connectivity index (χ0v) is 67.5. The minimum atomic E-state index is -2.65. The number of hydrogen-bond acceptors (Lipinski definition) is 49.